The molecule has 2 fully saturated rings. The van der Waals surface area contributed by atoms with Gasteiger partial charge in [0.05, 0.1) is 0 Å². The van der Waals surface area contributed by atoms with Crippen LogP contribution in [0.4, 0.5) is 5.69 Å². The predicted molar refractivity (Wildman–Crippen MR) is 88.1 cm³/mol. The minimum Gasteiger partial charge on any atom is -0.459 e. The minimum absolute atomic E-state index is 0.128. The van der Waals surface area contributed by atoms with Crippen LogP contribution in [-0.2, 0) is 14.3 Å². The van der Waals surface area contributed by atoms with Crippen molar-refractivity contribution >= 4 is 17.6 Å². The molecule has 0 saturated carbocycles. The third-order valence-corrected chi connectivity index (χ3v) is 4.44. The third-order valence-electron chi connectivity index (χ3n) is 4.44. The van der Waals surface area contributed by atoms with Crippen molar-refractivity contribution in [3.8, 4) is 0 Å². The molecule has 2 saturated heterocycles. The molecule has 2 aliphatic heterocycles. The highest BCUT2D eigenvalue weighted by Crippen LogP contribution is 2.41. The average Bonchev–Trinajstić information content (AvgIpc) is 3.02. The standard InChI is InChI=1S/C18H24N2O3/c1-17(2,3)23-16(22)14-9-18(11-19-14)10-15(21)20(12-18)13-7-5-4-6-8-13/h4-8,14,19H,9-12H2,1-3H3/t14-,18+/m0/s1. The van der Waals surface area contributed by atoms with Gasteiger partial charge in [-0.25, -0.2) is 0 Å². The molecule has 0 radical (unpaired) electrons. The van der Waals surface area contributed by atoms with E-state index in [0.717, 1.165) is 5.69 Å². The Labute approximate surface area is 137 Å². The second-order valence-corrected chi connectivity index (χ2v) is 7.66. The maximum absolute atomic E-state index is 12.4. The first-order valence-corrected chi connectivity index (χ1v) is 8.10. The van der Waals surface area contributed by atoms with Gasteiger partial charge in [0, 0.05) is 30.6 Å². The van der Waals surface area contributed by atoms with E-state index >= 15 is 0 Å². The van der Waals surface area contributed by atoms with Crippen molar-refractivity contribution in [3.63, 3.8) is 0 Å². The van der Waals surface area contributed by atoms with Gasteiger partial charge < -0.3 is 15.0 Å². The van der Waals surface area contributed by atoms with Gasteiger partial charge >= 0.3 is 5.97 Å². The highest BCUT2D eigenvalue weighted by atomic mass is 16.6. The summed E-state index contributed by atoms with van der Waals surface area (Å²) in [6.45, 7) is 6.93. The van der Waals surface area contributed by atoms with E-state index in [1.54, 1.807) is 0 Å². The SMILES string of the molecule is CC(C)(C)OC(=O)[C@@H]1C[C@]2(CN1)CC(=O)N(c1ccccc1)C2. The number of ether oxygens (including phenoxy) is 1. The van der Waals surface area contributed by atoms with Gasteiger partial charge in [-0.2, -0.15) is 0 Å². The van der Waals surface area contributed by atoms with Crippen LogP contribution in [-0.4, -0.2) is 36.6 Å². The molecule has 2 heterocycles. The fourth-order valence-electron chi connectivity index (χ4n) is 3.45. The van der Waals surface area contributed by atoms with Crippen LogP contribution in [0.3, 0.4) is 0 Å². The molecule has 0 bridgehead atoms. The second kappa shape index (κ2) is 5.64. The maximum atomic E-state index is 12.4. The van der Waals surface area contributed by atoms with Crippen LogP contribution >= 0.6 is 0 Å². The minimum atomic E-state index is -0.490. The smallest absolute Gasteiger partial charge is 0.323 e. The Bertz CT molecular complexity index is 608. The molecule has 0 aliphatic carbocycles. The zero-order valence-corrected chi connectivity index (χ0v) is 14.0. The van der Waals surface area contributed by atoms with Crippen LogP contribution in [0.5, 0.6) is 0 Å². The molecule has 1 aromatic rings. The largest absolute Gasteiger partial charge is 0.459 e. The number of para-hydroxylation sites is 1. The number of esters is 1. The van der Waals surface area contributed by atoms with Crippen molar-refractivity contribution in [1.82, 2.24) is 5.32 Å². The van der Waals surface area contributed by atoms with Crippen molar-refractivity contribution in [2.24, 2.45) is 5.41 Å². The molecule has 3 rings (SSSR count). The lowest BCUT2D eigenvalue weighted by atomic mass is 9.84. The molecule has 0 aromatic heterocycles. The molecule has 1 amide bonds. The van der Waals surface area contributed by atoms with Gasteiger partial charge in [-0.05, 0) is 39.3 Å². The number of carbonyl (C=O) groups excluding carboxylic acids is 2. The number of hydrogen-bond acceptors (Lipinski definition) is 4. The number of rotatable bonds is 2. The van der Waals surface area contributed by atoms with E-state index in [4.69, 9.17) is 4.74 Å². The van der Waals surface area contributed by atoms with Crippen LogP contribution in [0, 0.1) is 5.41 Å². The first kappa shape index (κ1) is 16.0. The molecule has 1 aromatic carbocycles. The first-order valence-electron chi connectivity index (χ1n) is 8.10. The summed E-state index contributed by atoms with van der Waals surface area (Å²) in [5.74, 6) is -0.0946. The Morgan fingerprint density at radius 3 is 2.65 bits per heavy atom. The van der Waals surface area contributed by atoms with Gasteiger partial charge in [-0.3, -0.25) is 9.59 Å². The highest BCUT2D eigenvalue weighted by molar-refractivity contribution is 5.96. The van der Waals surface area contributed by atoms with Gasteiger partial charge in [-0.1, -0.05) is 18.2 Å². The number of benzene rings is 1. The molecular weight excluding hydrogens is 292 g/mol. The zero-order chi connectivity index (χ0) is 16.7. The van der Waals surface area contributed by atoms with E-state index in [9.17, 15) is 9.59 Å². The van der Waals surface area contributed by atoms with Crippen molar-refractivity contribution in [2.45, 2.75) is 45.3 Å². The summed E-state index contributed by atoms with van der Waals surface area (Å²) in [7, 11) is 0. The van der Waals surface area contributed by atoms with Crippen LogP contribution in [0.15, 0.2) is 30.3 Å². The van der Waals surface area contributed by atoms with Crippen molar-refractivity contribution in [2.75, 3.05) is 18.0 Å². The summed E-state index contributed by atoms with van der Waals surface area (Å²) < 4.78 is 5.46. The van der Waals surface area contributed by atoms with Gasteiger partial charge in [0.25, 0.3) is 0 Å². The number of hydrogen-bond donors (Lipinski definition) is 1. The number of carbonyl (C=O) groups is 2. The Balaban J connectivity index is 1.69. The van der Waals surface area contributed by atoms with Crippen LogP contribution in [0.2, 0.25) is 0 Å². The first-order chi connectivity index (χ1) is 10.8. The van der Waals surface area contributed by atoms with Crippen molar-refractivity contribution in [3.05, 3.63) is 30.3 Å². The summed E-state index contributed by atoms with van der Waals surface area (Å²) in [5, 5.41) is 3.25. The second-order valence-electron chi connectivity index (χ2n) is 7.66. The van der Waals surface area contributed by atoms with E-state index in [2.05, 4.69) is 5.32 Å². The Morgan fingerprint density at radius 1 is 1.30 bits per heavy atom. The Hall–Kier alpha value is -1.88. The summed E-state index contributed by atoms with van der Waals surface area (Å²) in [6.07, 6.45) is 1.13. The molecule has 1 spiro atoms. The molecule has 1 N–H and O–H groups in total. The summed E-state index contributed by atoms with van der Waals surface area (Å²) in [4.78, 5) is 26.5. The summed E-state index contributed by atoms with van der Waals surface area (Å²) in [6, 6.07) is 9.39. The quantitative estimate of drug-likeness (QED) is 0.849. The lowest BCUT2D eigenvalue weighted by molar-refractivity contribution is -0.157. The van der Waals surface area contributed by atoms with Crippen LogP contribution in [0.1, 0.15) is 33.6 Å². The highest BCUT2D eigenvalue weighted by Gasteiger charge is 2.50. The normalized spacial score (nSPS) is 27.7. The van der Waals surface area contributed by atoms with E-state index < -0.39 is 5.60 Å². The van der Waals surface area contributed by atoms with Crippen molar-refractivity contribution < 1.29 is 14.3 Å². The van der Waals surface area contributed by atoms with Gasteiger partial charge in [0.15, 0.2) is 0 Å². The number of amides is 1. The van der Waals surface area contributed by atoms with E-state index in [1.165, 1.54) is 0 Å². The number of nitrogens with zero attached hydrogens (tertiary/aromatic N) is 1. The lowest BCUT2D eigenvalue weighted by Crippen LogP contribution is -2.37. The monoisotopic (exact) mass is 316 g/mol. The molecule has 0 unspecified atom stereocenters. The third kappa shape index (κ3) is 3.39. The fourth-order valence-corrected chi connectivity index (χ4v) is 3.45. The Morgan fingerprint density at radius 2 is 2.00 bits per heavy atom. The molecule has 5 heteroatoms. The number of anilines is 1. The van der Waals surface area contributed by atoms with Gasteiger partial charge in [-0.15, -0.1) is 0 Å². The Kier molecular flexibility index (Phi) is 3.92. The van der Waals surface area contributed by atoms with Crippen molar-refractivity contribution in [1.29, 1.82) is 0 Å². The molecule has 2 atom stereocenters. The molecular formula is C18H24N2O3. The van der Waals surface area contributed by atoms with Crippen LogP contribution < -0.4 is 10.2 Å². The van der Waals surface area contributed by atoms with Gasteiger partial charge in [0.1, 0.15) is 11.6 Å². The predicted octanol–water partition coefficient (Wildman–Crippen LogP) is 2.11. The number of nitrogens with one attached hydrogen (secondary N) is 1. The van der Waals surface area contributed by atoms with E-state index in [0.29, 0.717) is 25.9 Å². The maximum Gasteiger partial charge on any atom is 0.323 e. The molecule has 2 aliphatic rings. The molecule has 5 nitrogen and oxygen atoms in total. The van der Waals surface area contributed by atoms with Gasteiger partial charge in [0.2, 0.25) is 5.91 Å². The van der Waals surface area contributed by atoms with Crippen LogP contribution in [0.25, 0.3) is 0 Å². The summed E-state index contributed by atoms with van der Waals surface area (Å²) >= 11 is 0. The van der Waals surface area contributed by atoms with E-state index in [-0.39, 0.29) is 23.3 Å². The molecule has 124 valence electrons. The molecule has 23 heavy (non-hydrogen) atoms. The fraction of sp³-hybridized carbons (Fsp3) is 0.556. The lowest BCUT2D eigenvalue weighted by Gasteiger charge is -2.24. The average molecular weight is 316 g/mol. The topological polar surface area (TPSA) is 58.6 Å². The zero-order valence-electron chi connectivity index (χ0n) is 14.0. The summed E-state index contributed by atoms with van der Waals surface area (Å²) in [5.41, 5.74) is 0.264. The van der Waals surface area contributed by atoms with E-state index in [1.807, 2.05) is 56.0 Å².